The molecule has 0 aliphatic carbocycles. The predicted octanol–water partition coefficient (Wildman–Crippen LogP) is 2.23. The zero-order chi connectivity index (χ0) is 11.9. The zero-order valence-electron chi connectivity index (χ0n) is 8.17. The highest BCUT2D eigenvalue weighted by molar-refractivity contribution is 6.42. The maximum atomic E-state index is 11.5. The van der Waals surface area contributed by atoms with Crippen LogP contribution in [0.1, 0.15) is 12.8 Å². The summed E-state index contributed by atoms with van der Waals surface area (Å²) in [6.45, 7) is 0. The van der Waals surface area contributed by atoms with Crippen molar-refractivity contribution in [1.82, 2.24) is 0 Å². The summed E-state index contributed by atoms with van der Waals surface area (Å²) in [5.41, 5.74) is 6.15. The first-order valence-corrected chi connectivity index (χ1v) is 5.36. The zero-order valence-corrected chi connectivity index (χ0v) is 9.68. The second-order valence-corrected chi connectivity index (χ2v) is 4.27. The Balaban J connectivity index is 2.55. The maximum absolute atomic E-state index is 11.5. The Labute approximate surface area is 102 Å². The highest BCUT2D eigenvalue weighted by Gasteiger charge is 2.33. The first kappa shape index (κ1) is 11.2. The molecule has 4 nitrogen and oxygen atoms in total. The van der Waals surface area contributed by atoms with Gasteiger partial charge >= 0.3 is 0 Å². The van der Waals surface area contributed by atoms with E-state index >= 15 is 0 Å². The lowest BCUT2D eigenvalue weighted by Gasteiger charge is -2.17. The Morgan fingerprint density at radius 2 is 1.50 bits per heavy atom. The number of rotatable bonds is 1. The number of anilines is 2. The van der Waals surface area contributed by atoms with Crippen molar-refractivity contribution in [2.45, 2.75) is 12.8 Å². The van der Waals surface area contributed by atoms with Gasteiger partial charge in [-0.15, -0.1) is 0 Å². The van der Waals surface area contributed by atoms with Crippen LogP contribution in [-0.4, -0.2) is 11.8 Å². The van der Waals surface area contributed by atoms with Crippen LogP contribution in [0.4, 0.5) is 11.4 Å². The highest BCUT2D eigenvalue weighted by atomic mass is 35.5. The second kappa shape index (κ2) is 3.96. The molecule has 0 bridgehead atoms. The van der Waals surface area contributed by atoms with E-state index in [9.17, 15) is 9.59 Å². The highest BCUT2D eigenvalue weighted by Crippen LogP contribution is 2.38. The minimum absolute atomic E-state index is 0.190. The van der Waals surface area contributed by atoms with E-state index in [-0.39, 0.29) is 40.4 Å². The predicted molar refractivity (Wildman–Crippen MR) is 62.6 cm³/mol. The van der Waals surface area contributed by atoms with Crippen LogP contribution in [0.2, 0.25) is 10.0 Å². The standard InChI is InChI=1S/C10H8Cl2N2O2/c11-6-3-5(13)4-7(12)10(6)14-8(15)1-2-9(14)16/h3-4H,1-2,13H2. The fraction of sp³-hybridized carbons (Fsp3) is 0.200. The van der Waals surface area contributed by atoms with Gasteiger partial charge in [-0.05, 0) is 12.1 Å². The number of hydrogen-bond donors (Lipinski definition) is 1. The van der Waals surface area contributed by atoms with Crippen molar-refractivity contribution >= 4 is 46.4 Å². The van der Waals surface area contributed by atoms with Gasteiger partial charge in [-0.3, -0.25) is 9.59 Å². The van der Waals surface area contributed by atoms with Gasteiger partial charge in [0.1, 0.15) is 0 Å². The van der Waals surface area contributed by atoms with E-state index in [1.807, 2.05) is 0 Å². The molecule has 0 saturated carbocycles. The third-order valence-corrected chi connectivity index (χ3v) is 2.89. The number of carbonyl (C=O) groups excluding carboxylic acids is 2. The molecule has 1 aliphatic heterocycles. The van der Waals surface area contributed by atoms with Crippen molar-refractivity contribution in [3.63, 3.8) is 0 Å². The molecule has 1 heterocycles. The molecule has 2 rings (SSSR count). The summed E-state index contributed by atoms with van der Waals surface area (Å²) in [6, 6.07) is 2.92. The van der Waals surface area contributed by atoms with Gasteiger partial charge in [-0.1, -0.05) is 23.2 Å². The molecule has 2 N–H and O–H groups in total. The fourth-order valence-corrected chi connectivity index (χ4v) is 2.30. The Morgan fingerprint density at radius 3 is 1.94 bits per heavy atom. The van der Waals surface area contributed by atoms with Crippen LogP contribution < -0.4 is 10.6 Å². The van der Waals surface area contributed by atoms with Gasteiger partial charge in [0.2, 0.25) is 11.8 Å². The van der Waals surface area contributed by atoms with E-state index in [4.69, 9.17) is 28.9 Å². The third kappa shape index (κ3) is 1.74. The SMILES string of the molecule is Nc1cc(Cl)c(N2C(=O)CCC2=O)c(Cl)c1. The van der Waals surface area contributed by atoms with Crippen molar-refractivity contribution in [2.24, 2.45) is 0 Å². The number of nitrogen functional groups attached to an aromatic ring is 1. The van der Waals surface area contributed by atoms with Crippen molar-refractivity contribution in [3.05, 3.63) is 22.2 Å². The van der Waals surface area contributed by atoms with Crippen LogP contribution in [-0.2, 0) is 9.59 Å². The van der Waals surface area contributed by atoms with Gasteiger partial charge in [-0.25, -0.2) is 4.90 Å². The monoisotopic (exact) mass is 258 g/mol. The first-order valence-electron chi connectivity index (χ1n) is 4.61. The quantitative estimate of drug-likeness (QED) is 0.621. The average Bonchev–Trinajstić information content (AvgIpc) is 2.47. The van der Waals surface area contributed by atoms with E-state index < -0.39 is 0 Å². The summed E-state index contributed by atoms with van der Waals surface area (Å²) in [7, 11) is 0. The van der Waals surface area contributed by atoms with Crippen molar-refractivity contribution in [3.8, 4) is 0 Å². The van der Waals surface area contributed by atoms with Crippen LogP contribution in [0.3, 0.4) is 0 Å². The largest absolute Gasteiger partial charge is 0.399 e. The molecule has 2 amide bonds. The van der Waals surface area contributed by atoms with E-state index in [2.05, 4.69) is 0 Å². The molecule has 1 aromatic rings. The molecule has 1 aliphatic rings. The summed E-state index contributed by atoms with van der Waals surface area (Å²) in [4.78, 5) is 24.1. The molecule has 6 heteroatoms. The summed E-state index contributed by atoms with van der Waals surface area (Å²) < 4.78 is 0. The van der Waals surface area contributed by atoms with Gasteiger partial charge in [0, 0.05) is 18.5 Å². The summed E-state index contributed by atoms with van der Waals surface area (Å²) in [6.07, 6.45) is 0.381. The van der Waals surface area contributed by atoms with Gasteiger partial charge in [0.25, 0.3) is 0 Å². The van der Waals surface area contributed by atoms with Crippen LogP contribution in [0.15, 0.2) is 12.1 Å². The number of halogens is 2. The van der Waals surface area contributed by atoms with Crippen molar-refractivity contribution < 1.29 is 9.59 Å². The van der Waals surface area contributed by atoms with Crippen LogP contribution in [0.25, 0.3) is 0 Å². The van der Waals surface area contributed by atoms with Gasteiger partial charge in [0.05, 0.1) is 15.7 Å². The van der Waals surface area contributed by atoms with Crippen molar-refractivity contribution in [1.29, 1.82) is 0 Å². The summed E-state index contributed by atoms with van der Waals surface area (Å²) in [5, 5.41) is 0.405. The molecule has 1 saturated heterocycles. The second-order valence-electron chi connectivity index (χ2n) is 3.46. The number of benzene rings is 1. The van der Waals surface area contributed by atoms with Crippen molar-refractivity contribution in [2.75, 3.05) is 10.6 Å². The molecular weight excluding hydrogens is 251 g/mol. The summed E-state index contributed by atoms with van der Waals surface area (Å²) >= 11 is 11.9. The Kier molecular flexibility index (Phi) is 2.78. The molecule has 0 atom stereocenters. The number of imide groups is 1. The van der Waals surface area contributed by atoms with E-state index in [0.29, 0.717) is 5.69 Å². The lowest BCUT2D eigenvalue weighted by atomic mass is 10.2. The average molecular weight is 259 g/mol. The lowest BCUT2D eigenvalue weighted by Crippen LogP contribution is -2.29. The molecule has 1 fully saturated rings. The van der Waals surface area contributed by atoms with Gasteiger partial charge in [-0.2, -0.15) is 0 Å². The first-order chi connectivity index (χ1) is 7.50. The number of hydrogen-bond acceptors (Lipinski definition) is 3. The topological polar surface area (TPSA) is 63.4 Å². The number of nitrogens with zero attached hydrogens (tertiary/aromatic N) is 1. The molecule has 0 unspecified atom stereocenters. The van der Waals surface area contributed by atoms with Crippen LogP contribution in [0, 0.1) is 0 Å². The molecular formula is C10H8Cl2N2O2. The van der Waals surface area contributed by atoms with Gasteiger partial charge < -0.3 is 5.73 Å². The van der Waals surface area contributed by atoms with E-state index in [0.717, 1.165) is 4.90 Å². The molecule has 84 valence electrons. The minimum Gasteiger partial charge on any atom is -0.399 e. The summed E-state index contributed by atoms with van der Waals surface area (Å²) in [5.74, 6) is -0.586. The maximum Gasteiger partial charge on any atom is 0.234 e. The Morgan fingerprint density at radius 1 is 1.06 bits per heavy atom. The minimum atomic E-state index is -0.293. The van der Waals surface area contributed by atoms with E-state index in [1.54, 1.807) is 0 Å². The van der Waals surface area contributed by atoms with E-state index in [1.165, 1.54) is 12.1 Å². The Hall–Kier alpha value is -1.26. The molecule has 1 aromatic carbocycles. The normalized spacial score (nSPS) is 16.0. The van der Waals surface area contributed by atoms with Crippen LogP contribution in [0.5, 0.6) is 0 Å². The number of carbonyl (C=O) groups is 2. The van der Waals surface area contributed by atoms with Gasteiger partial charge in [0.15, 0.2) is 0 Å². The number of nitrogens with two attached hydrogens (primary N) is 1. The van der Waals surface area contributed by atoms with Crippen LogP contribution >= 0.6 is 23.2 Å². The molecule has 0 spiro atoms. The molecule has 0 radical (unpaired) electrons. The number of amides is 2. The Bertz CT molecular complexity index is 449. The smallest absolute Gasteiger partial charge is 0.234 e. The third-order valence-electron chi connectivity index (χ3n) is 2.31. The molecule has 0 aromatic heterocycles. The lowest BCUT2D eigenvalue weighted by molar-refractivity contribution is -0.121. The fourth-order valence-electron chi connectivity index (χ4n) is 1.62. The molecule has 16 heavy (non-hydrogen) atoms.